The fourth-order valence-electron chi connectivity index (χ4n) is 2.69. The van der Waals surface area contributed by atoms with E-state index in [0.717, 1.165) is 0 Å². The van der Waals surface area contributed by atoms with Crippen molar-refractivity contribution in [3.8, 4) is 5.75 Å². The van der Waals surface area contributed by atoms with Gasteiger partial charge in [-0.25, -0.2) is 9.69 Å². The number of rotatable bonds is 6. The van der Waals surface area contributed by atoms with Crippen LogP contribution in [0.1, 0.15) is 19.6 Å². The van der Waals surface area contributed by atoms with Crippen LogP contribution in [0.2, 0.25) is 0 Å². The number of nitrogens with zero attached hydrogens (tertiary/aromatic N) is 3. The molecule has 0 saturated carbocycles. The van der Waals surface area contributed by atoms with Crippen LogP contribution in [0, 0.1) is 0 Å². The highest BCUT2D eigenvalue weighted by Crippen LogP contribution is 2.31. The van der Waals surface area contributed by atoms with Crippen LogP contribution in [-0.2, 0) is 5.60 Å². The normalized spacial score (nSPS) is 17.9. The van der Waals surface area contributed by atoms with Gasteiger partial charge >= 0.3 is 6.03 Å². The second kappa shape index (κ2) is 6.60. The lowest BCUT2D eigenvalue weighted by Crippen LogP contribution is -2.35. The molecule has 132 valence electrons. The van der Waals surface area contributed by atoms with Crippen LogP contribution in [-0.4, -0.2) is 40.5 Å². The van der Waals surface area contributed by atoms with E-state index in [1.165, 1.54) is 9.80 Å². The molecule has 1 N–H and O–H groups in total. The van der Waals surface area contributed by atoms with Gasteiger partial charge < -0.3 is 19.3 Å². The van der Waals surface area contributed by atoms with Crippen LogP contribution in [0.4, 0.5) is 10.6 Å². The number of carbonyl (C=O) groups excluding carboxylic acids is 1. The largest absolute Gasteiger partial charge is 0.480 e. The van der Waals surface area contributed by atoms with E-state index in [-0.39, 0.29) is 18.4 Å². The molecule has 0 aliphatic carbocycles. The molecule has 1 fully saturated rings. The molecule has 1 unspecified atom stereocenters. The Morgan fingerprint density at radius 2 is 2.16 bits per heavy atom. The van der Waals surface area contributed by atoms with E-state index < -0.39 is 11.8 Å². The summed E-state index contributed by atoms with van der Waals surface area (Å²) in [6, 6.07) is 10.6. The van der Waals surface area contributed by atoms with Gasteiger partial charge in [0.05, 0.1) is 6.54 Å². The first kappa shape index (κ1) is 17.0. The standard InChI is InChI=1S/C18H21N3O4/c1-4-10-20-12-16(22)21(17(20)23)15-11-14(25-19-15)18(2,3)24-13-8-6-5-7-9-13/h4-9,11,16,22H,1,10,12H2,2-3H3. The number of urea groups is 1. The lowest BCUT2D eigenvalue weighted by atomic mass is 10.1. The third-order valence-electron chi connectivity index (χ3n) is 3.96. The molecular formula is C18H21N3O4. The van der Waals surface area contributed by atoms with E-state index in [9.17, 15) is 9.90 Å². The predicted molar refractivity (Wildman–Crippen MR) is 92.3 cm³/mol. The fraction of sp³-hybridized carbons (Fsp3) is 0.333. The molecule has 1 atom stereocenters. The highest BCUT2D eigenvalue weighted by atomic mass is 16.5. The number of hydrogen-bond donors (Lipinski definition) is 1. The smallest absolute Gasteiger partial charge is 0.328 e. The first-order valence-electron chi connectivity index (χ1n) is 8.01. The molecule has 2 aromatic rings. The number of β-amino-alcohol motifs (C(OH)–C–C–N with tert-alkyl or cyclic N) is 1. The average molecular weight is 343 g/mol. The SMILES string of the molecule is C=CCN1CC(O)N(c2cc(C(C)(C)Oc3ccccc3)on2)C1=O. The highest BCUT2D eigenvalue weighted by Gasteiger charge is 2.39. The number of anilines is 1. The maximum Gasteiger partial charge on any atom is 0.328 e. The molecule has 0 bridgehead atoms. The summed E-state index contributed by atoms with van der Waals surface area (Å²) >= 11 is 0. The number of amides is 2. The van der Waals surface area contributed by atoms with Crippen molar-refractivity contribution in [2.24, 2.45) is 0 Å². The quantitative estimate of drug-likeness (QED) is 0.816. The van der Waals surface area contributed by atoms with Gasteiger partial charge in [-0.05, 0) is 26.0 Å². The van der Waals surface area contributed by atoms with Gasteiger partial charge in [-0.15, -0.1) is 6.58 Å². The molecule has 0 spiro atoms. The summed E-state index contributed by atoms with van der Waals surface area (Å²) < 4.78 is 11.3. The summed E-state index contributed by atoms with van der Waals surface area (Å²) in [6.07, 6.45) is 0.627. The third kappa shape index (κ3) is 3.36. The summed E-state index contributed by atoms with van der Waals surface area (Å²) in [6.45, 7) is 7.85. The number of ether oxygens (including phenoxy) is 1. The van der Waals surface area contributed by atoms with E-state index in [1.54, 1.807) is 12.1 Å². The number of aliphatic hydroxyl groups is 1. The van der Waals surface area contributed by atoms with Crippen LogP contribution in [0.5, 0.6) is 5.75 Å². The maximum atomic E-state index is 12.4. The van der Waals surface area contributed by atoms with Crippen LogP contribution in [0.15, 0.2) is 53.6 Å². The van der Waals surface area contributed by atoms with E-state index in [1.807, 2.05) is 44.2 Å². The summed E-state index contributed by atoms with van der Waals surface area (Å²) in [5, 5.41) is 14.1. The van der Waals surface area contributed by atoms with Crippen molar-refractivity contribution in [3.05, 3.63) is 54.8 Å². The van der Waals surface area contributed by atoms with Gasteiger partial charge in [-0.1, -0.05) is 29.4 Å². The molecule has 7 heteroatoms. The van der Waals surface area contributed by atoms with Crippen LogP contribution < -0.4 is 9.64 Å². The Balaban J connectivity index is 1.80. The maximum absolute atomic E-state index is 12.4. The summed E-state index contributed by atoms with van der Waals surface area (Å²) in [7, 11) is 0. The zero-order valence-electron chi connectivity index (χ0n) is 14.3. The van der Waals surface area contributed by atoms with E-state index in [0.29, 0.717) is 18.1 Å². The van der Waals surface area contributed by atoms with Gasteiger partial charge in [0.25, 0.3) is 0 Å². The Labute approximate surface area is 146 Å². The van der Waals surface area contributed by atoms with E-state index in [4.69, 9.17) is 9.26 Å². The Bertz CT molecular complexity index is 757. The molecule has 1 aliphatic heterocycles. The fourth-order valence-corrected chi connectivity index (χ4v) is 2.69. The van der Waals surface area contributed by atoms with Crippen molar-refractivity contribution in [2.45, 2.75) is 25.7 Å². The summed E-state index contributed by atoms with van der Waals surface area (Å²) in [4.78, 5) is 15.1. The summed E-state index contributed by atoms with van der Waals surface area (Å²) in [5.41, 5.74) is -0.791. The minimum Gasteiger partial charge on any atom is -0.480 e. The topological polar surface area (TPSA) is 79.0 Å². The molecule has 0 radical (unpaired) electrons. The van der Waals surface area contributed by atoms with Gasteiger partial charge in [0, 0.05) is 12.6 Å². The predicted octanol–water partition coefficient (Wildman–Crippen LogP) is 2.74. The second-order valence-electron chi connectivity index (χ2n) is 6.30. The van der Waals surface area contributed by atoms with Crippen LogP contribution in [0.25, 0.3) is 0 Å². The van der Waals surface area contributed by atoms with Crippen molar-refractivity contribution in [3.63, 3.8) is 0 Å². The van der Waals surface area contributed by atoms with Crippen molar-refractivity contribution in [1.29, 1.82) is 0 Å². The Kier molecular flexibility index (Phi) is 4.50. The molecule has 7 nitrogen and oxygen atoms in total. The molecule has 2 amide bonds. The number of aromatic nitrogens is 1. The Morgan fingerprint density at radius 1 is 1.44 bits per heavy atom. The van der Waals surface area contributed by atoms with Gasteiger partial charge in [-0.2, -0.15) is 0 Å². The minimum atomic E-state index is -0.983. The number of benzene rings is 1. The highest BCUT2D eigenvalue weighted by molar-refractivity contribution is 5.93. The first-order valence-corrected chi connectivity index (χ1v) is 8.01. The van der Waals surface area contributed by atoms with Crippen molar-refractivity contribution >= 4 is 11.8 Å². The van der Waals surface area contributed by atoms with Crippen molar-refractivity contribution in [1.82, 2.24) is 10.1 Å². The average Bonchev–Trinajstić information content (AvgIpc) is 3.14. The van der Waals surface area contributed by atoms with Gasteiger partial charge in [0.2, 0.25) is 0 Å². The zero-order chi connectivity index (χ0) is 18.0. The van der Waals surface area contributed by atoms with E-state index in [2.05, 4.69) is 11.7 Å². The zero-order valence-corrected chi connectivity index (χ0v) is 14.3. The molecule has 1 aromatic heterocycles. The summed E-state index contributed by atoms with van der Waals surface area (Å²) in [5.74, 6) is 1.40. The molecular weight excluding hydrogens is 322 g/mol. The van der Waals surface area contributed by atoms with Crippen LogP contribution in [0.3, 0.4) is 0 Å². The van der Waals surface area contributed by atoms with Crippen molar-refractivity contribution < 1.29 is 19.2 Å². The molecule has 1 aromatic carbocycles. The van der Waals surface area contributed by atoms with Gasteiger partial charge in [0.15, 0.2) is 23.4 Å². The molecule has 1 aliphatic rings. The van der Waals surface area contributed by atoms with Gasteiger partial charge in [0.1, 0.15) is 5.75 Å². The van der Waals surface area contributed by atoms with E-state index >= 15 is 0 Å². The Hall–Kier alpha value is -2.80. The van der Waals surface area contributed by atoms with Crippen LogP contribution >= 0.6 is 0 Å². The number of aliphatic hydroxyl groups excluding tert-OH is 1. The molecule has 1 saturated heterocycles. The number of para-hydroxylation sites is 1. The minimum absolute atomic E-state index is 0.191. The van der Waals surface area contributed by atoms with Crippen molar-refractivity contribution in [2.75, 3.05) is 18.0 Å². The molecule has 2 heterocycles. The molecule has 3 rings (SSSR count). The third-order valence-corrected chi connectivity index (χ3v) is 3.96. The lowest BCUT2D eigenvalue weighted by molar-refractivity contribution is 0.0749. The second-order valence-corrected chi connectivity index (χ2v) is 6.30. The Morgan fingerprint density at radius 3 is 2.84 bits per heavy atom. The first-order chi connectivity index (χ1) is 11.9. The number of hydrogen-bond acceptors (Lipinski definition) is 5. The monoisotopic (exact) mass is 343 g/mol. The molecule has 25 heavy (non-hydrogen) atoms. The number of carbonyl (C=O) groups is 1. The lowest BCUT2D eigenvalue weighted by Gasteiger charge is -2.23. The van der Waals surface area contributed by atoms with Gasteiger partial charge in [-0.3, -0.25) is 0 Å².